The zero-order chi connectivity index (χ0) is 18.5. The molecule has 140 valence electrons. The Morgan fingerprint density at radius 2 is 1.77 bits per heavy atom. The van der Waals surface area contributed by atoms with Gasteiger partial charge in [-0.25, -0.2) is 4.98 Å². The summed E-state index contributed by atoms with van der Waals surface area (Å²) in [5, 5.41) is 3.31. The Bertz CT molecular complexity index is 709. The molecule has 0 atom stereocenters. The van der Waals surface area contributed by atoms with Gasteiger partial charge in [0.15, 0.2) is 0 Å². The van der Waals surface area contributed by atoms with E-state index in [9.17, 15) is 0 Å². The van der Waals surface area contributed by atoms with E-state index in [2.05, 4.69) is 33.1 Å². The Hall–Kier alpha value is -2.34. The molecule has 6 heteroatoms. The maximum Gasteiger partial charge on any atom is 0.229 e. The van der Waals surface area contributed by atoms with E-state index >= 15 is 0 Å². The van der Waals surface area contributed by atoms with Gasteiger partial charge in [-0.1, -0.05) is 6.92 Å². The second-order valence-corrected chi connectivity index (χ2v) is 6.93. The Morgan fingerprint density at radius 1 is 1.08 bits per heavy atom. The summed E-state index contributed by atoms with van der Waals surface area (Å²) in [7, 11) is 0. The van der Waals surface area contributed by atoms with Crippen LogP contribution in [0.25, 0.3) is 0 Å². The first-order valence-electron chi connectivity index (χ1n) is 9.40. The molecule has 1 aliphatic rings. The second-order valence-electron chi connectivity index (χ2n) is 6.93. The molecule has 0 spiro atoms. The Kier molecular flexibility index (Phi) is 5.93. The molecule has 3 rings (SSSR count). The van der Waals surface area contributed by atoms with Gasteiger partial charge in [-0.15, -0.1) is 0 Å². The average molecular weight is 355 g/mol. The highest BCUT2D eigenvalue weighted by molar-refractivity contribution is 5.56. The maximum absolute atomic E-state index is 5.69. The number of likely N-dealkylation sites (N-methyl/N-ethyl adjacent to an activating group) is 1. The van der Waals surface area contributed by atoms with E-state index in [1.807, 2.05) is 45.0 Å². The molecule has 1 fully saturated rings. The van der Waals surface area contributed by atoms with Crippen LogP contribution < -0.4 is 15.0 Å². The zero-order valence-corrected chi connectivity index (χ0v) is 16.2. The van der Waals surface area contributed by atoms with Crippen molar-refractivity contribution in [1.82, 2.24) is 14.9 Å². The second kappa shape index (κ2) is 8.36. The van der Waals surface area contributed by atoms with Crippen LogP contribution in [-0.4, -0.2) is 53.7 Å². The number of aryl methyl sites for hydroxylation is 1. The summed E-state index contributed by atoms with van der Waals surface area (Å²) >= 11 is 0. The van der Waals surface area contributed by atoms with Crippen LogP contribution >= 0.6 is 0 Å². The van der Waals surface area contributed by atoms with E-state index < -0.39 is 0 Å². The van der Waals surface area contributed by atoms with Crippen LogP contribution in [0.5, 0.6) is 5.75 Å². The largest absolute Gasteiger partial charge is 0.491 e. The summed E-state index contributed by atoms with van der Waals surface area (Å²) in [5.41, 5.74) is 1.92. The van der Waals surface area contributed by atoms with Crippen molar-refractivity contribution >= 4 is 17.5 Å². The third-order valence-electron chi connectivity index (χ3n) is 4.47. The van der Waals surface area contributed by atoms with Crippen LogP contribution in [0.15, 0.2) is 30.3 Å². The van der Waals surface area contributed by atoms with Crippen molar-refractivity contribution in [2.45, 2.75) is 33.8 Å². The molecule has 6 nitrogen and oxygen atoms in total. The number of anilines is 3. The molecule has 2 heterocycles. The molecule has 0 radical (unpaired) electrons. The molecule has 1 aromatic carbocycles. The summed E-state index contributed by atoms with van der Waals surface area (Å²) in [6.45, 7) is 13.6. The fourth-order valence-electron chi connectivity index (χ4n) is 3.08. The van der Waals surface area contributed by atoms with E-state index in [1.54, 1.807) is 0 Å². The van der Waals surface area contributed by atoms with Crippen molar-refractivity contribution in [1.29, 1.82) is 0 Å². The van der Waals surface area contributed by atoms with Crippen molar-refractivity contribution in [2.24, 2.45) is 0 Å². The standard InChI is InChI=1S/C20H29N5O/c1-5-24-10-12-25(13-11-24)19-14-16(4)21-20(23-19)22-17-6-8-18(9-7-17)26-15(2)3/h6-9,14-15H,5,10-13H2,1-4H3,(H,21,22,23). The summed E-state index contributed by atoms with van der Waals surface area (Å²) in [6, 6.07) is 9.96. The molecule has 1 N–H and O–H groups in total. The van der Waals surface area contributed by atoms with Crippen molar-refractivity contribution in [2.75, 3.05) is 42.9 Å². The molecule has 1 aromatic heterocycles. The van der Waals surface area contributed by atoms with Gasteiger partial charge in [-0.3, -0.25) is 0 Å². The van der Waals surface area contributed by atoms with Gasteiger partial charge in [0.2, 0.25) is 5.95 Å². The number of rotatable bonds is 6. The Morgan fingerprint density at radius 3 is 2.38 bits per heavy atom. The van der Waals surface area contributed by atoms with Crippen molar-refractivity contribution in [3.05, 3.63) is 36.0 Å². The number of ether oxygens (including phenoxy) is 1. The molecule has 0 amide bonds. The van der Waals surface area contributed by atoms with Crippen LogP contribution in [0.4, 0.5) is 17.5 Å². The SMILES string of the molecule is CCN1CCN(c2cc(C)nc(Nc3ccc(OC(C)C)cc3)n2)CC1. The van der Waals surface area contributed by atoms with Crippen LogP contribution in [0.2, 0.25) is 0 Å². The minimum absolute atomic E-state index is 0.171. The normalized spacial score (nSPS) is 15.3. The molecule has 0 bridgehead atoms. The van der Waals surface area contributed by atoms with Crippen LogP contribution in [0.1, 0.15) is 26.5 Å². The highest BCUT2D eigenvalue weighted by atomic mass is 16.5. The lowest BCUT2D eigenvalue weighted by atomic mass is 10.3. The molecular formula is C20H29N5O. The fraction of sp³-hybridized carbons (Fsp3) is 0.500. The van der Waals surface area contributed by atoms with Crippen molar-refractivity contribution < 1.29 is 4.74 Å². The first-order chi connectivity index (χ1) is 12.5. The van der Waals surface area contributed by atoms with Gasteiger partial charge < -0.3 is 19.9 Å². The van der Waals surface area contributed by atoms with E-state index in [0.717, 1.165) is 55.7 Å². The van der Waals surface area contributed by atoms with E-state index in [1.165, 1.54) is 0 Å². The summed E-state index contributed by atoms with van der Waals surface area (Å²) in [6.07, 6.45) is 0.171. The number of hydrogen-bond donors (Lipinski definition) is 1. The molecule has 0 aliphatic carbocycles. The summed E-state index contributed by atoms with van der Waals surface area (Å²) < 4.78 is 5.69. The molecular weight excluding hydrogens is 326 g/mol. The highest BCUT2D eigenvalue weighted by Crippen LogP contribution is 2.22. The first-order valence-corrected chi connectivity index (χ1v) is 9.40. The van der Waals surface area contributed by atoms with Crippen LogP contribution in [-0.2, 0) is 0 Å². The summed E-state index contributed by atoms with van der Waals surface area (Å²) in [4.78, 5) is 14.1. The Labute approximate surface area is 156 Å². The molecule has 1 saturated heterocycles. The van der Waals surface area contributed by atoms with Crippen molar-refractivity contribution in [3.63, 3.8) is 0 Å². The van der Waals surface area contributed by atoms with Gasteiger partial charge in [0.1, 0.15) is 11.6 Å². The Balaban J connectivity index is 1.69. The predicted octanol–water partition coefficient (Wildman–Crippen LogP) is 3.46. The molecule has 0 unspecified atom stereocenters. The number of nitrogens with one attached hydrogen (secondary N) is 1. The number of aromatic nitrogens is 2. The monoisotopic (exact) mass is 355 g/mol. The van der Waals surface area contributed by atoms with Gasteiger partial charge in [0.25, 0.3) is 0 Å². The van der Waals surface area contributed by atoms with Gasteiger partial charge in [-0.2, -0.15) is 4.98 Å². The lowest BCUT2D eigenvalue weighted by molar-refractivity contribution is 0.242. The topological polar surface area (TPSA) is 53.5 Å². The van der Waals surface area contributed by atoms with Gasteiger partial charge in [0.05, 0.1) is 6.10 Å². The number of hydrogen-bond acceptors (Lipinski definition) is 6. The van der Waals surface area contributed by atoms with Gasteiger partial charge >= 0.3 is 0 Å². The highest BCUT2D eigenvalue weighted by Gasteiger charge is 2.17. The first kappa shape index (κ1) is 18.5. The minimum atomic E-state index is 0.171. The fourth-order valence-corrected chi connectivity index (χ4v) is 3.08. The zero-order valence-electron chi connectivity index (χ0n) is 16.2. The quantitative estimate of drug-likeness (QED) is 0.856. The maximum atomic E-state index is 5.69. The minimum Gasteiger partial charge on any atom is -0.491 e. The lowest BCUT2D eigenvalue weighted by Crippen LogP contribution is -2.46. The molecule has 0 saturated carbocycles. The molecule has 1 aliphatic heterocycles. The third kappa shape index (κ3) is 4.85. The van der Waals surface area contributed by atoms with Gasteiger partial charge in [0, 0.05) is 43.6 Å². The third-order valence-corrected chi connectivity index (χ3v) is 4.47. The predicted molar refractivity (Wildman–Crippen MR) is 107 cm³/mol. The smallest absolute Gasteiger partial charge is 0.229 e. The van der Waals surface area contributed by atoms with Crippen LogP contribution in [0.3, 0.4) is 0 Å². The molecule has 26 heavy (non-hydrogen) atoms. The lowest BCUT2D eigenvalue weighted by Gasteiger charge is -2.34. The van der Waals surface area contributed by atoms with E-state index in [0.29, 0.717) is 5.95 Å². The van der Waals surface area contributed by atoms with Gasteiger partial charge in [-0.05, 0) is 51.6 Å². The molecule has 2 aromatic rings. The number of nitrogens with zero attached hydrogens (tertiary/aromatic N) is 4. The number of benzene rings is 1. The van der Waals surface area contributed by atoms with Crippen LogP contribution in [0, 0.1) is 6.92 Å². The van der Waals surface area contributed by atoms with E-state index in [4.69, 9.17) is 9.72 Å². The summed E-state index contributed by atoms with van der Waals surface area (Å²) in [5.74, 6) is 2.50. The van der Waals surface area contributed by atoms with E-state index in [-0.39, 0.29) is 6.10 Å². The average Bonchev–Trinajstić information content (AvgIpc) is 2.62. The van der Waals surface area contributed by atoms with Crippen molar-refractivity contribution in [3.8, 4) is 5.75 Å². The number of piperazine rings is 1.